The van der Waals surface area contributed by atoms with Crippen LogP contribution in [-0.4, -0.2) is 13.3 Å². The third-order valence-corrected chi connectivity index (χ3v) is 3.16. The maximum atomic E-state index is 12.9. The Hall–Kier alpha value is -0.820. The van der Waals surface area contributed by atoms with E-state index in [1.165, 1.54) is 12.1 Å². The summed E-state index contributed by atoms with van der Waals surface area (Å²) in [5.74, 6) is -0.503. The summed E-state index contributed by atoms with van der Waals surface area (Å²) in [6.07, 6.45) is 0. The van der Waals surface area contributed by atoms with Crippen LogP contribution in [0.25, 0.3) is 0 Å². The van der Waals surface area contributed by atoms with Gasteiger partial charge in [0.25, 0.3) is 0 Å². The van der Waals surface area contributed by atoms with Gasteiger partial charge in [-0.25, -0.2) is 4.39 Å². The van der Waals surface area contributed by atoms with Crippen LogP contribution in [0.15, 0.2) is 18.2 Å². The largest absolute Gasteiger partial charge is 0.396 e. The van der Waals surface area contributed by atoms with Crippen molar-refractivity contribution in [2.24, 2.45) is 0 Å². The second-order valence-corrected chi connectivity index (χ2v) is 6.21. The van der Waals surface area contributed by atoms with Crippen LogP contribution in [0.3, 0.4) is 0 Å². The first kappa shape index (κ1) is 9.27. The third-order valence-electron chi connectivity index (χ3n) is 1.61. The fraction of sp³-hybridized carbons (Fsp3) is 0.250. The van der Waals surface area contributed by atoms with Gasteiger partial charge in [-0.15, -0.1) is 0 Å². The predicted molar refractivity (Wildman–Crippen MR) is 49.9 cm³/mol. The van der Waals surface area contributed by atoms with Crippen molar-refractivity contribution in [3.05, 3.63) is 24.0 Å². The normalized spacial score (nSPS) is 11.6. The van der Waals surface area contributed by atoms with Gasteiger partial charge >= 0.3 is 0 Å². The molecule has 0 bridgehead atoms. The Balaban J connectivity index is 3.36. The van der Waals surface area contributed by atoms with Gasteiger partial charge in [0, 0.05) is 5.30 Å². The lowest BCUT2D eigenvalue weighted by atomic mass is 10.3. The van der Waals surface area contributed by atoms with E-state index < -0.39 is 13.0 Å². The SMILES string of the molecule is CP(C)(=O)c1cccc(F)c1N. The number of hydrogen-bond donors (Lipinski definition) is 1. The molecule has 4 heteroatoms. The van der Waals surface area contributed by atoms with E-state index in [2.05, 4.69) is 0 Å². The molecular weight excluding hydrogens is 176 g/mol. The number of benzene rings is 1. The van der Waals surface area contributed by atoms with Crippen LogP contribution in [0.2, 0.25) is 0 Å². The zero-order chi connectivity index (χ0) is 9.35. The van der Waals surface area contributed by atoms with E-state index in [1.807, 2.05) is 0 Å². The van der Waals surface area contributed by atoms with Gasteiger partial charge in [-0.3, -0.25) is 0 Å². The van der Waals surface area contributed by atoms with Crippen molar-refractivity contribution in [3.63, 3.8) is 0 Å². The third kappa shape index (κ3) is 1.67. The summed E-state index contributed by atoms with van der Waals surface area (Å²) in [6, 6.07) is 4.37. The Morgan fingerprint density at radius 3 is 2.42 bits per heavy atom. The van der Waals surface area contributed by atoms with Crippen LogP contribution in [0.1, 0.15) is 0 Å². The molecule has 2 N–H and O–H groups in total. The standard InChI is InChI=1S/C8H11FNOP/c1-12(2,11)7-5-3-4-6(9)8(7)10/h3-5H,10H2,1-2H3. The van der Waals surface area contributed by atoms with Crippen molar-refractivity contribution in [2.45, 2.75) is 0 Å². The average Bonchev–Trinajstić information content (AvgIpc) is 1.92. The van der Waals surface area contributed by atoms with Crippen LogP contribution < -0.4 is 11.0 Å². The minimum atomic E-state index is -2.45. The maximum absolute atomic E-state index is 12.9. The van der Waals surface area contributed by atoms with Gasteiger partial charge in [0.05, 0.1) is 5.69 Å². The molecule has 0 unspecified atom stereocenters. The topological polar surface area (TPSA) is 43.1 Å². The summed E-state index contributed by atoms with van der Waals surface area (Å²) < 4.78 is 24.4. The molecule has 12 heavy (non-hydrogen) atoms. The molecule has 0 aliphatic heterocycles. The molecule has 0 aliphatic rings. The van der Waals surface area contributed by atoms with E-state index in [1.54, 1.807) is 19.4 Å². The fourth-order valence-corrected chi connectivity index (χ4v) is 2.13. The molecule has 0 atom stereocenters. The zero-order valence-corrected chi connectivity index (χ0v) is 7.94. The molecule has 0 spiro atoms. The maximum Gasteiger partial charge on any atom is 0.146 e. The summed E-state index contributed by atoms with van der Waals surface area (Å²) in [6.45, 7) is 3.14. The van der Waals surface area contributed by atoms with Gasteiger partial charge in [0.2, 0.25) is 0 Å². The Morgan fingerprint density at radius 1 is 1.42 bits per heavy atom. The summed E-state index contributed by atoms with van der Waals surface area (Å²) in [4.78, 5) is 0. The van der Waals surface area contributed by atoms with Crippen molar-refractivity contribution in [2.75, 3.05) is 19.1 Å². The number of rotatable bonds is 1. The van der Waals surface area contributed by atoms with Gasteiger partial charge < -0.3 is 10.3 Å². The molecular formula is C8H11FNOP. The van der Waals surface area contributed by atoms with Crippen molar-refractivity contribution in [1.82, 2.24) is 0 Å². The van der Waals surface area contributed by atoms with E-state index in [-0.39, 0.29) is 5.69 Å². The molecule has 1 rings (SSSR count). The number of para-hydroxylation sites is 1. The lowest BCUT2D eigenvalue weighted by Gasteiger charge is -2.09. The van der Waals surface area contributed by atoms with E-state index in [9.17, 15) is 8.96 Å². The van der Waals surface area contributed by atoms with E-state index in [0.29, 0.717) is 5.30 Å². The Labute approximate surface area is 71.0 Å². The zero-order valence-electron chi connectivity index (χ0n) is 7.04. The minimum absolute atomic E-state index is 0.00540. The molecule has 0 radical (unpaired) electrons. The first-order chi connectivity index (χ1) is 5.43. The van der Waals surface area contributed by atoms with Gasteiger partial charge in [-0.2, -0.15) is 0 Å². The number of halogens is 1. The molecule has 0 aliphatic carbocycles. The molecule has 2 nitrogen and oxygen atoms in total. The Morgan fingerprint density at radius 2 is 2.00 bits per heavy atom. The molecule has 1 aromatic carbocycles. The molecule has 66 valence electrons. The molecule has 0 saturated heterocycles. The highest BCUT2D eigenvalue weighted by molar-refractivity contribution is 7.70. The molecule has 0 heterocycles. The van der Waals surface area contributed by atoms with Crippen LogP contribution >= 0.6 is 7.14 Å². The van der Waals surface area contributed by atoms with E-state index in [0.717, 1.165) is 0 Å². The van der Waals surface area contributed by atoms with Crippen molar-refractivity contribution < 1.29 is 8.96 Å². The average molecular weight is 187 g/mol. The van der Waals surface area contributed by atoms with Crippen LogP contribution in [0, 0.1) is 5.82 Å². The molecule has 0 aromatic heterocycles. The number of nitrogens with two attached hydrogens (primary N) is 1. The summed E-state index contributed by atoms with van der Waals surface area (Å²) in [5, 5.41) is 0.419. The lowest BCUT2D eigenvalue weighted by molar-refractivity contribution is 0.588. The highest BCUT2D eigenvalue weighted by Gasteiger charge is 2.16. The first-order valence-electron chi connectivity index (χ1n) is 3.52. The highest BCUT2D eigenvalue weighted by atomic mass is 31.2. The van der Waals surface area contributed by atoms with E-state index >= 15 is 0 Å². The summed E-state index contributed by atoms with van der Waals surface area (Å²) in [5.41, 5.74) is 5.43. The molecule has 0 amide bonds. The quantitative estimate of drug-likeness (QED) is 0.536. The molecule has 0 fully saturated rings. The smallest absolute Gasteiger partial charge is 0.146 e. The van der Waals surface area contributed by atoms with Gasteiger partial charge in [0.1, 0.15) is 13.0 Å². The number of nitrogen functional groups attached to an aromatic ring is 1. The highest BCUT2D eigenvalue weighted by Crippen LogP contribution is 2.37. The molecule has 0 saturated carbocycles. The molecule has 1 aromatic rings. The lowest BCUT2D eigenvalue weighted by Crippen LogP contribution is -2.11. The minimum Gasteiger partial charge on any atom is -0.396 e. The summed E-state index contributed by atoms with van der Waals surface area (Å²) >= 11 is 0. The second kappa shape index (κ2) is 2.91. The van der Waals surface area contributed by atoms with Crippen molar-refractivity contribution in [3.8, 4) is 0 Å². The van der Waals surface area contributed by atoms with Gasteiger partial charge in [-0.1, -0.05) is 6.07 Å². The van der Waals surface area contributed by atoms with Gasteiger partial charge in [0.15, 0.2) is 0 Å². The Kier molecular flexibility index (Phi) is 2.25. The van der Waals surface area contributed by atoms with Crippen molar-refractivity contribution in [1.29, 1.82) is 0 Å². The first-order valence-corrected chi connectivity index (χ1v) is 6.12. The van der Waals surface area contributed by atoms with Crippen LogP contribution in [-0.2, 0) is 4.57 Å². The summed E-state index contributed by atoms with van der Waals surface area (Å²) in [7, 11) is -2.45. The van der Waals surface area contributed by atoms with E-state index in [4.69, 9.17) is 5.73 Å². The van der Waals surface area contributed by atoms with Crippen LogP contribution in [0.4, 0.5) is 10.1 Å². The fourth-order valence-electron chi connectivity index (χ4n) is 0.995. The van der Waals surface area contributed by atoms with Gasteiger partial charge in [-0.05, 0) is 25.5 Å². The number of anilines is 1. The second-order valence-electron chi connectivity index (χ2n) is 3.02. The Bertz CT molecular complexity index is 345. The van der Waals surface area contributed by atoms with Crippen molar-refractivity contribution >= 4 is 18.1 Å². The number of hydrogen-bond acceptors (Lipinski definition) is 2. The monoisotopic (exact) mass is 187 g/mol. The van der Waals surface area contributed by atoms with Crippen LogP contribution in [0.5, 0.6) is 0 Å². The predicted octanol–water partition coefficient (Wildman–Crippen LogP) is 1.66.